The van der Waals surface area contributed by atoms with Gasteiger partial charge in [-0.2, -0.15) is 0 Å². The SMILES string of the molecule is COc1ccc(Cl)c2c(N)c3c(nc12)CCCC3. The zero-order chi connectivity index (χ0) is 12.7. The number of methoxy groups -OCH3 is 1. The lowest BCUT2D eigenvalue weighted by Gasteiger charge is -2.19. The van der Waals surface area contributed by atoms with Crippen LogP contribution < -0.4 is 10.5 Å². The first-order valence-corrected chi connectivity index (χ1v) is 6.53. The van der Waals surface area contributed by atoms with Crippen molar-refractivity contribution in [2.75, 3.05) is 12.8 Å². The highest BCUT2D eigenvalue weighted by Crippen LogP contribution is 2.38. The molecular formula is C14H15ClN2O. The minimum absolute atomic E-state index is 0.643. The van der Waals surface area contributed by atoms with Gasteiger partial charge in [-0.15, -0.1) is 0 Å². The van der Waals surface area contributed by atoms with E-state index in [1.165, 1.54) is 18.4 Å². The van der Waals surface area contributed by atoms with Gasteiger partial charge in [0.15, 0.2) is 0 Å². The number of ether oxygens (including phenoxy) is 1. The van der Waals surface area contributed by atoms with Crippen LogP contribution in [-0.4, -0.2) is 12.1 Å². The summed E-state index contributed by atoms with van der Waals surface area (Å²) in [5.74, 6) is 0.731. The molecular weight excluding hydrogens is 248 g/mol. The standard InChI is InChI=1S/C14H15ClN2O/c1-18-11-7-6-9(15)12-13(16)8-4-2-3-5-10(8)17-14(11)12/h6-7H,2-5H2,1H3,(H2,16,17). The monoisotopic (exact) mass is 262 g/mol. The van der Waals surface area contributed by atoms with Gasteiger partial charge < -0.3 is 10.5 Å². The first-order valence-electron chi connectivity index (χ1n) is 6.16. The first kappa shape index (κ1) is 11.6. The van der Waals surface area contributed by atoms with E-state index in [2.05, 4.69) is 0 Å². The maximum absolute atomic E-state index is 6.28. The predicted molar refractivity (Wildman–Crippen MR) is 74.4 cm³/mol. The Hall–Kier alpha value is -1.48. The topological polar surface area (TPSA) is 48.1 Å². The number of halogens is 1. The van der Waals surface area contributed by atoms with Crippen molar-refractivity contribution in [3.63, 3.8) is 0 Å². The lowest BCUT2D eigenvalue weighted by Crippen LogP contribution is -2.10. The molecule has 0 aliphatic heterocycles. The molecule has 0 fully saturated rings. The highest BCUT2D eigenvalue weighted by Gasteiger charge is 2.19. The van der Waals surface area contributed by atoms with E-state index in [4.69, 9.17) is 27.1 Å². The Morgan fingerprint density at radius 2 is 2.06 bits per heavy atom. The number of anilines is 1. The van der Waals surface area contributed by atoms with E-state index in [9.17, 15) is 0 Å². The summed E-state index contributed by atoms with van der Waals surface area (Å²) in [5, 5.41) is 1.47. The van der Waals surface area contributed by atoms with Crippen molar-refractivity contribution in [2.45, 2.75) is 25.7 Å². The normalized spacial score (nSPS) is 14.6. The number of nitrogens with zero attached hydrogens (tertiary/aromatic N) is 1. The number of nitrogens with two attached hydrogens (primary N) is 1. The van der Waals surface area contributed by atoms with E-state index < -0.39 is 0 Å². The smallest absolute Gasteiger partial charge is 0.145 e. The molecule has 0 atom stereocenters. The number of aromatic nitrogens is 1. The number of hydrogen-bond acceptors (Lipinski definition) is 3. The molecule has 1 aromatic heterocycles. The molecule has 1 aliphatic rings. The number of benzene rings is 1. The zero-order valence-electron chi connectivity index (χ0n) is 10.3. The quantitative estimate of drug-likeness (QED) is 0.857. The van der Waals surface area contributed by atoms with Crippen LogP contribution in [0.4, 0.5) is 5.69 Å². The summed E-state index contributed by atoms with van der Waals surface area (Å²) in [6.45, 7) is 0. The summed E-state index contributed by atoms with van der Waals surface area (Å²) < 4.78 is 5.35. The van der Waals surface area contributed by atoms with Crippen LogP contribution in [0.15, 0.2) is 12.1 Å². The third-order valence-corrected chi connectivity index (χ3v) is 3.90. The second-order valence-electron chi connectivity index (χ2n) is 4.63. The van der Waals surface area contributed by atoms with Gasteiger partial charge >= 0.3 is 0 Å². The van der Waals surface area contributed by atoms with Gasteiger partial charge in [0.25, 0.3) is 0 Å². The summed E-state index contributed by atoms with van der Waals surface area (Å²) >= 11 is 6.26. The Labute approximate surface area is 111 Å². The van der Waals surface area contributed by atoms with E-state index in [0.29, 0.717) is 5.02 Å². The lowest BCUT2D eigenvalue weighted by atomic mass is 9.93. The van der Waals surface area contributed by atoms with Crippen molar-refractivity contribution in [1.82, 2.24) is 4.98 Å². The van der Waals surface area contributed by atoms with Crippen LogP contribution in [0, 0.1) is 0 Å². The Morgan fingerprint density at radius 1 is 1.28 bits per heavy atom. The fraction of sp³-hybridized carbons (Fsp3) is 0.357. The fourth-order valence-corrected chi connectivity index (χ4v) is 2.92. The molecule has 0 spiro atoms. The molecule has 1 aromatic carbocycles. The average Bonchev–Trinajstić information content (AvgIpc) is 2.39. The number of hydrogen-bond donors (Lipinski definition) is 1. The van der Waals surface area contributed by atoms with Gasteiger partial charge in [0.2, 0.25) is 0 Å². The molecule has 0 unspecified atom stereocenters. The molecule has 2 N–H and O–H groups in total. The molecule has 0 saturated heterocycles. The van der Waals surface area contributed by atoms with Gasteiger partial charge in [0.1, 0.15) is 11.3 Å². The van der Waals surface area contributed by atoms with Crippen LogP contribution in [0.25, 0.3) is 10.9 Å². The fourth-order valence-electron chi connectivity index (χ4n) is 2.67. The van der Waals surface area contributed by atoms with E-state index in [1.54, 1.807) is 7.11 Å². The molecule has 4 heteroatoms. The van der Waals surface area contributed by atoms with E-state index in [-0.39, 0.29) is 0 Å². The molecule has 0 amide bonds. The second kappa shape index (κ2) is 4.32. The zero-order valence-corrected chi connectivity index (χ0v) is 11.0. The number of aryl methyl sites for hydroxylation is 1. The van der Waals surface area contributed by atoms with E-state index in [1.807, 2.05) is 12.1 Å². The summed E-state index contributed by atoms with van der Waals surface area (Å²) in [7, 11) is 1.64. The minimum Gasteiger partial charge on any atom is -0.494 e. The Kier molecular flexibility index (Phi) is 2.78. The molecule has 2 aromatic rings. The van der Waals surface area contributed by atoms with Crippen molar-refractivity contribution in [3.05, 3.63) is 28.4 Å². The molecule has 0 radical (unpaired) electrons. The van der Waals surface area contributed by atoms with Gasteiger partial charge in [-0.25, -0.2) is 4.98 Å². The number of fused-ring (bicyclic) bond motifs is 2. The number of rotatable bonds is 1. The van der Waals surface area contributed by atoms with Crippen molar-refractivity contribution in [1.29, 1.82) is 0 Å². The Balaban J connectivity index is 2.41. The average molecular weight is 263 g/mol. The van der Waals surface area contributed by atoms with Crippen LogP contribution in [-0.2, 0) is 12.8 Å². The van der Waals surface area contributed by atoms with Gasteiger partial charge in [-0.05, 0) is 43.4 Å². The third kappa shape index (κ3) is 1.62. The number of pyridine rings is 1. The van der Waals surface area contributed by atoms with Crippen LogP contribution in [0.3, 0.4) is 0 Å². The van der Waals surface area contributed by atoms with Crippen molar-refractivity contribution < 1.29 is 4.74 Å². The van der Waals surface area contributed by atoms with Crippen molar-refractivity contribution in [2.24, 2.45) is 0 Å². The summed E-state index contributed by atoms with van der Waals surface area (Å²) in [4.78, 5) is 4.72. The third-order valence-electron chi connectivity index (χ3n) is 3.59. The van der Waals surface area contributed by atoms with E-state index >= 15 is 0 Å². The van der Waals surface area contributed by atoms with Gasteiger partial charge in [-0.3, -0.25) is 0 Å². The predicted octanol–water partition coefficient (Wildman–Crippen LogP) is 3.36. The first-order chi connectivity index (χ1) is 8.72. The highest BCUT2D eigenvalue weighted by molar-refractivity contribution is 6.36. The van der Waals surface area contributed by atoms with E-state index in [0.717, 1.165) is 40.9 Å². The molecule has 3 rings (SSSR count). The van der Waals surface area contributed by atoms with Crippen LogP contribution >= 0.6 is 11.6 Å². The molecule has 1 aliphatic carbocycles. The van der Waals surface area contributed by atoms with Gasteiger partial charge in [0.05, 0.1) is 12.1 Å². The largest absolute Gasteiger partial charge is 0.494 e. The molecule has 1 heterocycles. The summed E-state index contributed by atoms with van der Waals surface area (Å²) in [5.41, 5.74) is 10.1. The minimum atomic E-state index is 0.643. The molecule has 0 saturated carbocycles. The summed E-state index contributed by atoms with van der Waals surface area (Å²) in [6.07, 6.45) is 4.34. The molecule has 3 nitrogen and oxygen atoms in total. The maximum atomic E-state index is 6.28. The lowest BCUT2D eigenvalue weighted by molar-refractivity contribution is 0.418. The van der Waals surface area contributed by atoms with Crippen molar-refractivity contribution in [3.8, 4) is 5.75 Å². The van der Waals surface area contributed by atoms with Crippen molar-refractivity contribution >= 4 is 28.2 Å². The Morgan fingerprint density at radius 3 is 2.83 bits per heavy atom. The molecule has 0 bridgehead atoms. The summed E-state index contributed by atoms with van der Waals surface area (Å²) in [6, 6.07) is 3.66. The number of nitrogen functional groups attached to an aromatic ring is 1. The molecule has 18 heavy (non-hydrogen) atoms. The van der Waals surface area contributed by atoms with Gasteiger partial charge in [0, 0.05) is 16.8 Å². The highest BCUT2D eigenvalue weighted by atomic mass is 35.5. The van der Waals surface area contributed by atoms with Crippen LogP contribution in [0.1, 0.15) is 24.1 Å². The van der Waals surface area contributed by atoms with Crippen LogP contribution in [0.5, 0.6) is 5.75 Å². The van der Waals surface area contributed by atoms with Gasteiger partial charge in [-0.1, -0.05) is 11.6 Å². The second-order valence-corrected chi connectivity index (χ2v) is 5.04. The molecule has 94 valence electrons. The maximum Gasteiger partial charge on any atom is 0.145 e. The van der Waals surface area contributed by atoms with Crippen LogP contribution in [0.2, 0.25) is 5.02 Å². The Bertz CT molecular complexity index is 625.